The van der Waals surface area contributed by atoms with Crippen molar-refractivity contribution in [2.75, 3.05) is 39.4 Å². The van der Waals surface area contributed by atoms with Gasteiger partial charge in [-0.05, 0) is 19.9 Å². The number of carbonyl (C=O) groups is 1. The van der Waals surface area contributed by atoms with E-state index in [4.69, 9.17) is 4.74 Å². The predicted octanol–water partition coefficient (Wildman–Crippen LogP) is 0.401. The van der Waals surface area contributed by atoms with Crippen molar-refractivity contribution in [3.05, 3.63) is 12.2 Å². The van der Waals surface area contributed by atoms with E-state index in [1.54, 1.807) is 6.92 Å². The second kappa shape index (κ2) is 6.58. The SMILES string of the molecule is C=C(C)C(=O)NCCCN1CCOCC1. The standard InChI is InChI=1S/C11H20N2O2/c1-10(2)11(14)12-4-3-5-13-6-8-15-9-7-13/h1,3-9H2,2H3,(H,12,14). The lowest BCUT2D eigenvalue weighted by atomic mass is 10.3. The quantitative estimate of drug-likeness (QED) is 0.530. The smallest absolute Gasteiger partial charge is 0.246 e. The Bertz CT molecular complexity index is 223. The Kier molecular flexibility index (Phi) is 5.36. The second-order valence-corrected chi connectivity index (χ2v) is 3.84. The Hall–Kier alpha value is -0.870. The minimum Gasteiger partial charge on any atom is -0.379 e. The third-order valence-corrected chi connectivity index (χ3v) is 2.43. The summed E-state index contributed by atoms with van der Waals surface area (Å²) in [6.07, 6.45) is 0.985. The molecule has 0 aromatic heterocycles. The van der Waals surface area contributed by atoms with Gasteiger partial charge in [0.2, 0.25) is 5.91 Å². The van der Waals surface area contributed by atoms with Crippen LogP contribution >= 0.6 is 0 Å². The summed E-state index contributed by atoms with van der Waals surface area (Å²) in [5.74, 6) is -0.0445. The van der Waals surface area contributed by atoms with E-state index in [9.17, 15) is 4.79 Å². The summed E-state index contributed by atoms with van der Waals surface area (Å²) in [6, 6.07) is 0. The van der Waals surface area contributed by atoms with Gasteiger partial charge in [0.05, 0.1) is 13.2 Å². The first-order valence-corrected chi connectivity index (χ1v) is 5.44. The molecule has 0 spiro atoms. The molecule has 4 nitrogen and oxygen atoms in total. The fourth-order valence-electron chi connectivity index (χ4n) is 1.48. The van der Waals surface area contributed by atoms with Gasteiger partial charge in [-0.25, -0.2) is 0 Å². The van der Waals surface area contributed by atoms with Crippen LogP contribution in [0.2, 0.25) is 0 Å². The van der Waals surface area contributed by atoms with Crippen LogP contribution in [-0.2, 0) is 9.53 Å². The van der Waals surface area contributed by atoms with Gasteiger partial charge in [0.25, 0.3) is 0 Å². The fraction of sp³-hybridized carbons (Fsp3) is 0.727. The zero-order valence-corrected chi connectivity index (χ0v) is 9.42. The van der Waals surface area contributed by atoms with Crippen molar-refractivity contribution in [3.63, 3.8) is 0 Å². The van der Waals surface area contributed by atoms with E-state index in [0.29, 0.717) is 5.57 Å². The molecule has 4 heteroatoms. The molecule has 0 atom stereocenters. The van der Waals surface area contributed by atoms with Crippen LogP contribution in [0, 0.1) is 0 Å². The van der Waals surface area contributed by atoms with E-state index >= 15 is 0 Å². The lowest BCUT2D eigenvalue weighted by Crippen LogP contribution is -2.38. The summed E-state index contributed by atoms with van der Waals surface area (Å²) < 4.78 is 5.25. The first-order valence-electron chi connectivity index (χ1n) is 5.44. The molecule has 1 amide bonds. The van der Waals surface area contributed by atoms with Gasteiger partial charge < -0.3 is 10.1 Å². The zero-order valence-electron chi connectivity index (χ0n) is 9.42. The van der Waals surface area contributed by atoms with Crippen molar-refractivity contribution >= 4 is 5.91 Å². The van der Waals surface area contributed by atoms with Gasteiger partial charge >= 0.3 is 0 Å². The van der Waals surface area contributed by atoms with Gasteiger partial charge in [-0.1, -0.05) is 6.58 Å². The molecule has 0 saturated carbocycles. The van der Waals surface area contributed by atoms with E-state index in [1.807, 2.05) is 0 Å². The molecule has 1 fully saturated rings. The lowest BCUT2D eigenvalue weighted by molar-refractivity contribution is -0.117. The van der Waals surface area contributed by atoms with Crippen molar-refractivity contribution in [2.24, 2.45) is 0 Å². The maximum absolute atomic E-state index is 11.1. The van der Waals surface area contributed by atoms with Crippen molar-refractivity contribution in [1.82, 2.24) is 10.2 Å². The Balaban J connectivity index is 2.01. The number of nitrogens with zero attached hydrogens (tertiary/aromatic N) is 1. The monoisotopic (exact) mass is 212 g/mol. The van der Waals surface area contributed by atoms with Crippen LogP contribution in [0.25, 0.3) is 0 Å². The number of nitrogens with one attached hydrogen (secondary N) is 1. The number of hydrogen-bond donors (Lipinski definition) is 1. The van der Waals surface area contributed by atoms with Crippen LogP contribution in [0.1, 0.15) is 13.3 Å². The molecular weight excluding hydrogens is 192 g/mol. The Morgan fingerprint density at radius 3 is 2.73 bits per heavy atom. The van der Waals surface area contributed by atoms with Gasteiger partial charge in [-0.3, -0.25) is 9.69 Å². The number of amides is 1. The van der Waals surface area contributed by atoms with Crippen LogP contribution in [-0.4, -0.2) is 50.2 Å². The second-order valence-electron chi connectivity index (χ2n) is 3.84. The van der Waals surface area contributed by atoms with E-state index in [2.05, 4.69) is 16.8 Å². The Labute approximate surface area is 91.3 Å². The molecule has 1 rings (SSSR count). The molecule has 0 aromatic rings. The third-order valence-electron chi connectivity index (χ3n) is 2.43. The summed E-state index contributed by atoms with van der Waals surface area (Å²) in [5, 5.41) is 2.83. The van der Waals surface area contributed by atoms with Crippen LogP contribution in [0.5, 0.6) is 0 Å². The Morgan fingerprint density at radius 2 is 2.13 bits per heavy atom. The maximum Gasteiger partial charge on any atom is 0.246 e. The summed E-state index contributed by atoms with van der Waals surface area (Å²) in [6.45, 7) is 10.7. The van der Waals surface area contributed by atoms with E-state index in [-0.39, 0.29) is 5.91 Å². The van der Waals surface area contributed by atoms with Gasteiger partial charge in [0.1, 0.15) is 0 Å². The van der Waals surface area contributed by atoms with E-state index in [0.717, 1.165) is 45.8 Å². The molecule has 86 valence electrons. The molecule has 1 heterocycles. The van der Waals surface area contributed by atoms with Crippen LogP contribution in [0.4, 0.5) is 0 Å². The van der Waals surface area contributed by atoms with Crippen LogP contribution in [0.15, 0.2) is 12.2 Å². The van der Waals surface area contributed by atoms with Crippen LogP contribution in [0.3, 0.4) is 0 Å². The molecule has 0 aromatic carbocycles. The van der Waals surface area contributed by atoms with Gasteiger partial charge in [0.15, 0.2) is 0 Å². The molecule has 1 aliphatic rings. The topological polar surface area (TPSA) is 41.6 Å². The van der Waals surface area contributed by atoms with Crippen LogP contribution < -0.4 is 5.32 Å². The molecule has 15 heavy (non-hydrogen) atoms. The predicted molar refractivity (Wildman–Crippen MR) is 59.7 cm³/mol. The molecule has 0 bridgehead atoms. The van der Waals surface area contributed by atoms with Gasteiger partial charge in [0, 0.05) is 25.2 Å². The van der Waals surface area contributed by atoms with Gasteiger partial charge in [-0.15, -0.1) is 0 Å². The highest BCUT2D eigenvalue weighted by Gasteiger charge is 2.09. The molecule has 0 radical (unpaired) electrons. The molecule has 1 saturated heterocycles. The number of morpholine rings is 1. The van der Waals surface area contributed by atoms with Crippen molar-refractivity contribution in [3.8, 4) is 0 Å². The fourth-order valence-corrected chi connectivity index (χ4v) is 1.48. The first kappa shape index (κ1) is 12.2. The molecule has 0 unspecified atom stereocenters. The third kappa shape index (κ3) is 4.95. The van der Waals surface area contributed by atoms with Gasteiger partial charge in [-0.2, -0.15) is 0 Å². The summed E-state index contributed by atoms with van der Waals surface area (Å²) in [4.78, 5) is 13.5. The Morgan fingerprint density at radius 1 is 1.47 bits per heavy atom. The van der Waals surface area contributed by atoms with Crippen molar-refractivity contribution in [2.45, 2.75) is 13.3 Å². The maximum atomic E-state index is 11.1. The highest BCUT2D eigenvalue weighted by Crippen LogP contribution is 1.97. The molecule has 1 N–H and O–H groups in total. The molecular formula is C11H20N2O2. The molecule has 1 aliphatic heterocycles. The highest BCUT2D eigenvalue weighted by molar-refractivity contribution is 5.91. The van der Waals surface area contributed by atoms with Crippen molar-refractivity contribution in [1.29, 1.82) is 0 Å². The summed E-state index contributed by atoms with van der Waals surface area (Å²) >= 11 is 0. The highest BCUT2D eigenvalue weighted by atomic mass is 16.5. The average Bonchev–Trinajstić information content (AvgIpc) is 2.25. The number of hydrogen-bond acceptors (Lipinski definition) is 3. The summed E-state index contributed by atoms with van der Waals surface area (Å²) in [5.41, 5.74) is 0.571. The largest absolute Gasteiger partial charge is 0.379 e. The zero-order chi connectivity index (χ0) is 11.1. The van der Waals surface area contributed by atoms with E-state index < -0.39 is 0 Å². The molecule has 0 aliphatic carbocycles. The average molecular weight is 212 g/mol. The summed E-state index contributed by atoms with van der Waals surface area (Å²) in [7, 11) is 0. The van der Waals surface area contributed by atoms with E-state index in [1.165, 1.54) is 0 Å². The number of rotatable bonds is 5. The first-order chi connectivity index (χ1) is 7.20. The minimum atomic E-state index is -0.0445. The normalized spacial score (nSPS) is 17.4. The minimum absolute atomic E-state index is 0.0445. The number of ether oxygens (including phenoxy) is 1. The lowest BCUT2D eigenvalue weighted by Gasteiger charge is -2.26. The van der Waals surface area contributed by atoms with Crippen molar-refractivity contribution < 1.29 is 9.53 Å². The number of carbonyl (C=O) groups excluding carboxylic acids is 1.